The lowest BCUT2D eigenvalue weighted by atomic mass is 9.83. The number of hydrogen-bond donors (Lipinski definition) is 1. The Hall–Kier alpha value is -2.29. The van der Waals surface area contributed by atoms with E-state index in [1.54, 1.807) is 0 Å². The fourth-order valence-corrected chi connectivity index (χ4v) is 5.94. The van der Waals surface area contributed by atoms with E-state index in [1.165, 1.54) is 12.1 Å². The van der Waals surface area contributed by atoms with E-state index in [2.05, 4.69) is 36.5 Å². The molecule has 0 unspecified atom stereocenters. The number of morpholine rings is 1. The second-order valence-electron chi connectivity index (χ2n) is 9.42. The Bertz CT molecular complexity index is 1010. The van der Waals surface area contributed by atoms with Crippen LogP contribution in [0.1, 0.15) is 35.6 Å². The van der Waals surface area contributed by atoms with E-state index >= 15 is 0 Å². The summed E-state index contributed by atoms with van der Waals surface area (Å²) in [6.45, 7) is 6.15. The lowest BCUT2D eigenvalue weighted by Crippen LogP contribution is -2.47. The number of rotatable bonds is 4. The van der Waals surface area contributed by atoms with Crippen LogP contribution in [0.4, 0.5) is 5.95 Å². The van der Waals surface area contributed by atoms with Crippen LogP contribution in [0.15, 0.2) is 29.3 Å². The second-order valence-corrected chi connectivity index (χ2v) is 9.42. The molecule has 8 nitrogen and oxygen atoms in total. The standard InChI is InChI=1S/C22H28N6O2/c23-22-24-5-15(6-25-22)8-26-7-14-3-17(10-26)20-2-1-16(21(29)28(20)9-14)11-27-12-19-4-18(27)13-30-19/h1-2,5-6,14,17-19H,3-4,7-13H2,(H2,23,24,25)/t14-,17+,18+,19+/m0/s1. The third-order valence-electron chi connectivity index (χ3n) is 7.28. The van der Waals surface area contributed by atoms with Crippen LogP contribution in [0.5, 0.6) is 0 Å². The number of ether oxygens (including phenoxy) is 1. The molecule has 3 saturated heterocycles. The summed E-state index contributed by atoms with van der Waals surface area (Å²) in [5, 5.41) is 0. The largest absolute Gasteiger partial charge is 0.375 e. The van der Waals surface area contributed by atoms with Gasteiger partial charge in [0.2, 0.25) is 5.95 Å². The lowest BCUT2D eigenvalue weighted by Gasteiger charge is -2.43. The number of pyridine rings is 1. The van der Waals surface area contributed by atoms with Gasteiger partial charge >= 0.3 is 0 Å². The first-order valence-electron chi connectivity index (χ1n) is 11.0. The molecular weight excluding hydrogens is 380 g/mol. The van der Waals surface area contributed by atoms with Crippen molar-refractivity contribution in [1.82, 2.24) is 24.3 Å². The molecule has 2 aromatic heterocycles. The molecule has 0 spiro atoms. The Labute approximate surface area is 175 Å². The van der Waals surface area contributed by atoms with Crippen molar-refractivity contribution < 1.29 is 4.74 Å². The zero-order chi connectivity index (χ0) is 20.2. The van der Waals surface area contributed by atoms with Gasteiger partial charge in [-0.2, -0.15) is 0 Å². The van der Waals surface area contributed by atoms with E-state index in [9.17, 15) is 4.79 Å². The highest BCUT2D eigenvalue weighted by Gasteiger charge is 2.39. The van der Waals surface area contributed by atoms with Gasteiger partial charge in [0.25, 0.3) is 5.56 Å². The molecule has 4 bridgehead atoms. The minimum atomic E-state index is 0.214. The molecule has 0 radical (unpaired) electrons. The second kappa shape index (κ2) is 7.14. The predicted octanol–water partition coefficient (Wildman–Crippen LogP) is 0.813. The fourth-order valence-electron chi connectivity index (χ4n) is 5.94. The van der Waals surface area contributed by atoms with E-state index in [4.69, 9.17) is 10.5 Å². The minimum Gasteiger partial charge on any atom is -0.375 e. The molecule has 0 aromatic carbocycles. The summed E-state index contributed by atoms with van der Waals surface area (Å²) in [6.07, 6.45) is 6.28. The van der Waals surface area contributed by atoms with Crippen molar-refractivity contribution in [2.45, 2.75) is 50.5 Å². The molecule has 2 N–H and O–H groups in total. The van der Waals surface area contributed by atoms with Gasteiger partial charge in [0.05, 0.1) is 12.7 Å². The van der Waals surface area contributed by atoms with Crippen molar-refractivity contribution in [2.24, 2.45) is 5.92 Å². The number of nitrogens with zero attached hydrogens (tertiary/aromatic N) is 5. The number of fused-ring (bicyclic) bond motifs is 6. The number of hydrogen-bond acceptors (Lipinski definition) is 7. The average molecular weight is 409 g/mol. The number of nitrogens with two attached hydrogens (primary N) is 1. The van der Waals surface area contributed by atoms with Crippen molar-refractivity contribution in [3.8, 4) is 0 Å². The summed E-state index contributed by atoms with van der Waals surface area (Å²) in [7, 11) is 0. The Morgan fingerprint density at radius 3 is 2.70 bits per heavy atom. The van der Waals surface area contributed by atoms with Crippen LogP contribution in [-0.2, 0) is 24.4 Å². The molecular formula is C22H28N6O2. The molecule has 6 rings (SSSR count). The van der Waals surface area contributed by atoms with Gasteiger partial charge < -0.3 is 15.0 Å². The van der Waals surface area contributed by atoms with Crippen LogP contribution < -0.4 is 11.3 Å². The van der Waals surface area contributed by atoms with Gasteiger partial charge in [-0.1, -0.05) is 6.07 Å². The maximum atomic E-state index is 13.3. The number of nitrogen functional groups attached to an aromatic ring is 1. The lowest BCUT2D eigenvalue weighted by molar-refractivity contribution is 0.0270. The van der Waals surface area contributed by atoms with Crippen LogP contribution in [0.3, 0.4) is 0 Å². The van der Waals surface area contributed by atoms with Crippen molar-refractivity contribution >= 4 is 5.95 Å². The van der Waals surface area contributed by atoms with E-state index in [1.807, 2.05) is 12.4 Å². The van der Waals surface area contributed by atoms with Crippen molar-refractivity contribution in [2.75, 3.05) is 32.0 Å². The monoisotopic (exact) mass is 408 g/mol. The Morgan fingerprint density at radius 1 is 1.07 bits per heavy atom. The Kier molecular flexibility index (Phi) is 4.40. The molecule has 6 heterocycles. The highest BCUT2D eigenvalue weighted by atomic mass is 16.5. The summed E-state index contributed by atoms with van der Waals surface area (Å²) >= 11 is 0. The Balaban J connectivity index is 1.20. The van der Waals surface area contributed by atoms with Crippen LogP contribution in [0, 0.1) is 5.92 Å². The third-order valence-corrected chi connectivity index (χ3v) is 7.28. The van der Waals surface area contributed by atoms with Gasteiger partial charge in [0.1, 0.15) is 0 Å². The molecule has 0 amide bonds. The summed E-state index contributed by atoms with van der Waals surface area (Å²) in [5.74, 6) is 1.23. The van der Waals surface area contributed by atoms with E-state index in [-0.39, 0.29) is 5.56 Å². The van der Waals surface area contributed by atoms with Crippen LogP contribution in [-0.4, -0.2) is 62.7 Å². The molecule has 3 fully saturated rings. The summed E-state index contributed by atoms with van der Waals surface area (Å²) in [4.78, 5) is 26.4. The molecule has 30 heavy (non-hydrogen) atoms. The van der Waals surface area contributed by atoms with Crippen molar-refractivity contribution in [3.05, 3.63) is 51.7 Å². The number of piperidine rings is 1. The molecule has 158 valence electrons. The number of likely N-dealkylation sites (tertiary alicyclic amines) is 2. The van der Waals surface area contributed by atoms with Gasteiger partial charge in [-0.25, -0.2) is 9.97 Å². The highest BCUT2D eigenvalue weighted by molar-refractivity contribution is 5.23. The maximum Gasteiger partial charge on any atom is 0.255 e. The minimum absolute atomic E-state index is 0.214. The van der Waals surface area contributed by atoms with Gasteiger partial charge in [-0.3, -0.25) is 14.6 Å². The maximum absolute atomic E-state index is 13.3. The van der Waals surface area contributed by atoms with Gasteiger partial charge in [0.15, 0.2) is 0 Å². The van der Waals surface area contributed by atoms with Gasteiger partial charge in [-0.05, 0) is 24.8 Å². The SMILES string of the molecule is Nc1ncc(CN2C[C@@H]3C[C@H](C2)c2ccc(CN4C[C@H]5C[C@@H]4CO5)c(=O)n2C3)cn1. The number of aromatic nitrogens is 3. The van der Waals surface area contributed by atoms with E-state index in [0.29, 0.717) is 29.9 Å². The molecule has 4 atom stereocenters. The van der Waals surface area contributed by atoms with E-state index < -0.39 is 0 Å². The topological polar surface area (TPSA) is 89.5 Å². The van der Waals surface area contributed by atoms with Gasteiger partial charge in [0, 0.05) is 80.4 Å². The van der Waals surface area contributed by atoms with Crippen LogP contribution in [0.2, 0.25) is 0 Å². The number of anilines is 1. The summed E-state index contributed by atoms with van der Waals surface area (Å²) < 4.78 is 7.78. The van der Waals surface area contributed by atoms with Crippen molar-refractivity contribution in [1.29, 1.82) is 0 Å². The molecule has 2 aromatic rings. The molecule has 8 heteroatoms. The normalized spacial score (nSPS) is 30.5. The molecule has 0 saturated carbocycles. The van der Waals surface area contributed by atoms with Crippen molar-refractivity contribution in [3.63, 3.8) is 0 Å². The average Bonchev–Trinajstić information content (AvgIpc) is 3.35. The molecule has 0 aliphatic carbocycles. The third kappa shape index (κ3) is 3.23. The fraction of sp³-hybridized carbons (Fsp3) is 0.591. The predicted molar refractivity (Wildman–Crippen MR) is 112 cm³/mol. The highest BCUT2D eigenvalue weighted by Crippen LogP contribution is 2.36. The smallest absolute Gasteiger partial charge is 0.255 e. The summed E-state index contributed by atoms with van der Waals surface area (Å²) in [6, 6.07) is 4.77. The first-order chi connectivity index (χ1) is 14.6. The zero-order valence-electron chi connectivity index (χ0n) is 17.1. The molecule has 4 aliphatic rings. The van der Waals surface area contributed by atoms with Crippen LogP contribution in [0.25, 0.3) is 0 Å². The quantitative estimate of drug-likeness (QED) is 0.801. The first kappa shape index (κ1) is 18.5. The summed E-state index contributed by atoms with van der Waals surface area (Å²) in [5.41, 5.74) is 9.03. The zero-order valence-corrected chi connectivity index (χ0v) is 17.1. The van der Waals surface area contributed by atoms with Gasteiger partial charge in [-0.15, -0.1) is 0 Å². The Morgan fingerprint density at radius 2 is 1.93 bits per heavy atom. The van der Waals surface area contributed by atoms with E-state index in [0.717, 1.165) is 63.4 Å². The van der Waals surface area contributed by atoms with Crippen LogP contribution >= 0.6 is 0 Å². The first-order valence-corrected chi connectivity index (χ1v) is 11.0. The molecule has 4 aliphatic heterocycles.